The average molecular weight is 923 g/mol. The number of aryl methyl sites for hydroxylation is 1. The summed E-state index contributed by atoms with van der Waals surface area (Å²) >= 11 is 1.97. The van der Waals surface area contributed by atoms with Gasteiger partial charge in [0.15, 0.2) is 0 Å². The number of nitrogens with zero attached hydrogens (tertiary/aromatic N) is 2. The van der Waals surface area contributed by atoms with Crippen LogP contribution in [0.15, 0.2) is 96.2 Å². The number of thioether (sulfide) groups is 1. The molecule has 6 atom stereocenters. The van der Waals surface area contributed by atoms with Gasteiger partial charge in [-0.3, -0.25) is 4.98 Å². The molecular weight excluding hydrogens is 841 g/mol. The number of rotatable bonds is 33. The molecule has 2 aliphatic carbocycles. The van der Waals surface area contributed by atoms with Crippen molar-refractivity contribution in [3.05, 3.63) is 114 Å². The van der Waals surface area contributed by atoms with Gasteiger partial charge >= 0.3 is 0 Å². The number of hydrogen-bond donors (Lipinski definition) is 2. The third kappa shape index (κ3) is 14.9. The molecule has 1 aliphatic heterocycles. The van der Waals surface area contributed by atoms with E-state index < -0.39 is 5.79 Å². The SMILES string of the molecule is C=CCO[C@@]12Oc3ccc(OCc4cccc(C)n4)cc3[C@H]3[C@H](CCCCO)[C@@H](CCCCO)C=C(C(=NOCc4ccccc4)C[C@@H]1SCCCCCCCCCCCCCCCC)[C@H]32. The molecule has 66 heavy (non-hydrogen) atoms. The number of allylic oxidation sites excluding steroid dienone is 1. The van der Waals surface area contributed by atoms with Crippen LogP contribution in [0.4, 0.5) is 0 Å². The van der Waals surface area contributed by atoms with Gasteiger partial charge in [0.05, 0.1) is 29.2 Å². The number of oxime groups is 1. The molecule has 3 aromatic rings. The second-order valence-electron chi connectivity index (χ2n) is 19.0. The van der Waals surface area contributed by atoms with Crippen LogP contribution in [0.1, 0.15) is 170 Å². The Morgan fingerprint density at radius 2 is 1.50 bits per heavy atom. The Balaban J connectivity index is 1.28. The molecule has 2 N–H and O–H groups in total. The smallest absolute Gasteiger partial charge is 0.230 e. The van der Waals surface area contributed by atoms with Crippen molar-refractivity contribution >= 4 is 17.5 Å². The maximum atomic E-state index is 10.0. The van der Waals surface area contributed by atoms with Crippen LogP contribution in [0, 0.1) is 24.7 Å². The fourth-order valence-corrected chi connectivity index (χ4v) is 12.1. The fraction of sp³-hybridized carbons (Fsp3) is 0.614. The van der Waals surface area contributed by atoms with E-state index in [0.717, 1.165) is 96.0 Å². The molecule has 0 bridgehead atoms. The molecule has 2 aromatic carbocycles. The van der Waals surface area contributed by atoms with E-state index in [1.54, 1.807) is 0 Å². The van der Waals surface area contributed by atoms with Crippen molar-refractivity contribution in [1.29, 1.82) is 0 Å². The summed E-state index contributed by atoms with van der Waals surface area (Å²) in [6, 6.07) is 22.6. The summed E-state index contributed by atoms with van der Waals surface area (Å²) in [5.41, 5.74) is 6.18. The van der Waals surface area contributed by atoms with Gasteiger partial charge < -0.3 is 29.3 Å². The highest BCUT2D eigenvalue weighted by atomic mass is 32.2. The summed E-state index contributed by atoms with van der Waals surface area (Å²) in [6.45, 7) is 9.87. The first-order valence-corrected chi connectivity index (χ1v) is 27.0. The van der Waals surface area contributed by atoms with E-state index in [4.69, 9.17) is 29.2 Å². The molecule has 0 saturated heterocycles. The minimum absolute atomic E-state index is 0.0146. The van der Waals surface area contributed by atoms with E-state index in [9.17, 15) is 10.2 Å². The zero-order chi connectivity index (χ0) is 46.2. The summed E-state index contributed by atoms with van der Waals surface area (Å²) in [4.78, 5) is 11.0. The lowest BCUT2D eigenvalue weighted by Crippen LogP contribution is -2.64. The summed E-state index contributed by atoms with van der Waals surface area (Å²) < 4.78 is 21.1. The van der Waals surface area contributed by atoms with Crippen LogP contribution >= 0.6 is 11.8 Å². The van der Waals surface area contributed by atoms with Gasteiger partial charge in [0.1, 0.15) is 24.7 Å². The van der Waals surface area contributed by atoms with Crippen molar-refractivity contribution in [2.24, 2.45) is 22.9 Å². The summed E-state index contributed by atoms with van der Waals surface area (Å²) in [7, 11) is 0. The van der Waals surface area contributed by atoms with Crippen molar-refractivity contribution in [3.63, 3.8) is 0 Å². The summed E-state index contributed by atoms with van der Waals surface area (Å²) in [5.74, 6) is 1.94. The predicted octanol–water partition coefficient (Wildman–Crippen LogP) is 14.0. The largest absolute Gasteiger partial charge is 0.487 e. The highest BCUT2D eigenvalue weighted by Crippen LogP contribution is 2.62. The van der Waals surface area contributed by atoms with E-state index in [1.807, 2.05) is 67.2 Å². The summed E-state index contributed by atoms with van der Waals surface area (Å²) in [5, 5.41) is 24.9. The Labute approximate surface area is 402 Å². The molecule has 362 valence electrons. The zero-order valence-electron chi connectivity index (χ0n) is 40.5. The number of pyridine rings is 1. The van der Waals surface area contributed by atoms with Gasteiger partial charge in [0, 0.05) is 36.8 Å². The van der Waals surface area contributed by atoms with E-state index in [0.29, 0.717) is 26.2 Å². The normalized spacial score (nSPS) is 22.6. The van der Waals surface area contributed by atoms with E-state index in [-0.39, 0.29) is 42.1 Å². The van der Waals surface area contributed by atoms with Crippen LogP contribution in [0.25, 0.3) is 0 Å². The highest BCUT2D eigenvalue weighted by Gasteiger charge is 2.64. The third-order valence-electron chi connectivity index (χ3n) is 14.0. The number of ether oxygens (including phenoxy) is 3. The van der Waals surface area contributed by atoms with Gasteiger partial charge in [0.25, 0.3) is 0 Å². The van der Waals surface area contributed by atoms with Gasteiger partial charge in [-0.25, -0.2) is 0 Å². The standard InChI is InChI=1S/C57H82N2O6S/c1-4-6-7-8-9-10-11-12-13-14-15-16-17-25-38-66-54-41-52(59-64-42-45-28-19-18-20-29-45)50-39-46(30-21-23-35-60)49(32-22-24-36-61)55-51-40-48(62-43-47-31-26-27-44(3)58-47)33-34-53(51)65-57(54,56(50)55)63-37-5-2/h5,18-20,26-29,31,33-34,39-40,46,49,54-56,60-61H,2,4,6-17,21-25,30,32,35-38,41-43H2,1,3H3/t46-,49+,54-,55+,56+,57+/m0/s1. The Hall–Kier alpha value is -3.63. The van der Waals surface area contributed by atoms with Crippen LogP contribution in [-0.2, 0) is 22.8 Å². The predicted molar refractivity (Wildman–Crippen MR) is 272 cm³/mol. The van der Waals surface area contributed by atoms with Gasteiger partial charge in [-0.2, -0.15) is 11.8 Å². The first-order valence-electron chi connectivity index (χ1n) is 25.9. The van der Waals surface area contributed by atoms with Gasteiger partial charge in [-0.15, -0.1) is 6.58 Å². The van der Waals surface area contributed by atoms with Crippen LogP contribution in [-0.4, -0.2) is 57.5 Å². The molecule has 1 saturated carbocycles. The molecule has 0 spiro atoms. The van der Waals surface area contributed by atoms with Crippen LogP contribution in [0.3, 0.4) is 0 Å². The molecule has 8 nitrogen and oxygen atoms in total. The number of aromatic nitrogens is 1. The van der Waals surface area contributed by atoms with Crippen LogP contribution < -0.4 is 9.47 Å². The van der Waals surface area contributed by atoms with Gasteiger partial charge in [-0.05, 0) is 98.1 Å². The molecule has 0 amide bonds. The minimum atomic E-state index is -0.976. The highest BCUT2D eigenvalue weighted by molar-refractivity contribution is 8.00. The van der Waals surface area contributed by atoms with Crippen LogP contribution in [0.5, 0.6) is 11.5 Å². The lowest BCUT2D eigenvalue weighted by molar-refractivity contribution is -0.223. The first kappa shape index (κ1) is 51.8. The zero-order valence-corrected chi connectivity index (χ0v) is 41.3. The van der Waals surface area contributed by atoms with E-state index in [1.165, 1.54) is 83.5 Å². The number of benzene rings is 2. The molecule has 2 heterocycles. The number of hydrogen-bond acceptors (Lipinski definition) is 9. The first-order chi connectivity index (χ1) is 32.5. The van der Waals surface area contributed by atoms with Crippen molar-refractivity contribution in [3.8, 4) is 11.5 Å². The van der Waals surface area contributed by atoms with Crippen molar-refractivity contribution in [2.45, 2.75) is 179 Å². The summed E-state index contributed by atoms with van der Waals surface area (Å²) in [6.07, 6.45) is 29.0. The topological polar surface area (TPSA) is 103 Å². The maximum Gasteiger partial charge on any atom is 0.230 e. The number of unbranched alkanes of at least 4 members (excludes halogenated alkanes) is 15. The van der Waals surface area contributed by atoms with E-state index >= 15 is 0 Å². The Morgan fingerprint density at radius 1 is 0.803 bits per heavy atom. The minimum Gasteiger partial charge on any atom is -0.487 e. The number of aliphatic hydroxyl groups is 2. The Morgan fingerprint density at radius 3 is 2.18 bits per heavy atom. The molecule has 0 unspecified atom stereocenters. The van der Waals surface area contributed by atoms with Crippen molar-refractivity contribution in [2.75, 3.05) is 25.6 Å². The monoisotopic (exact) mass is 923 g/mol. The maximum absolute atomic E-state index is 10.0. The number of fused-ring (bicyclic) bond motifs is 2. The average Bonchev–Trinajstić information content (AvgIpc) is 3.33. The molecule has 1 fully saturated rings. The Kier molecular flexibility index (Phi) is 22.5. The second kappa shape index (κ2) is 28.6. The quantitative estimate of drug-likeness (QED) is 0.0354. The van der Waals surface area contributed by atoms with Crippen LogP contribution in [0.2, 0.25) is 0 Å². The molecule has 9 heteroatoms. The molecular formula is C57H82N2O6S. The molecule has 3 aliphatic rings. The molecule has 6 rings (SSSR count). The Bertz CT molecular complexity index is 1920. The molecule has 0 radical (unpaired) electrons. The van der Waals surface area contributed by atoms with Gasteiger partial charge in [0.2, 0.25) is 5.79 Å². The number of aliphatic hydroxyl groups excluding tert-OH is 2. The van der Waals surface area contributed by atoms with Crippen molar-refractivity contribution < 1.29 is 29.3 Å². The lowest BCUT2D eigenvalue weighted by atomic mass is 9.56. The van der Waals surface area contributed by atoms with Gasteiger partial charge in [-0.1, -0.05) is 157 Å². The molecule has 1 aromatic heterocycles. The second-order valence-corrected chi connectivity index (χ2v) is 20.3. The van der Waals surface area contributed by atoms with Crippen molar-refractivity contribution in [1.82, 2.24) is 4.98 Å². The van der Waals surface area contributed by atoms with E-state index in [2.05, 4.69) is 43.8 Å². The fourth-order valence-electron chi connectivity index (χ4n) is 10.7. The lowest BCUT2D eigenvalue weighted by Gasteiger charge is -2.58. The third-order valence-corrected chi connectivity index (χ3v) is 15.4.